The molecule has 21 heavy (non-hydrogen) atoms. The molecular weight excluding hydrogens is 273 g/mol. The van der Waals surface area contributed by atoms with Crippen molar-refractivity contribution in [1.82, 2.24) is 9.80 Å². The molecule has 0 saturated carbocycles. The minimum absolute atomic E-state index is 0.0417. The van der Waals surface area contributed by atoms with Gasteiger partial charge in [-0.3, -0.25) is 9.59 Å². The second kappa shape index (κ2) is 6.11. The first kappa shape index (κ1) is 15.3. The van der Waals surface area contributed by atoms with Gasteiger partial charge in [-0.2, -0.15) is 0 Å². The molecule has 1 aliphatic heterocycles. The van der Waals surface area contributed by atoms with E-state index in [0.717, 1.165) is 6.07 Å². The molecule has 0 atom stereocenters. The van der Waals surface area contributed by atoms with E-state index in [1.54, 1.807) is 9.80 Å². The van der Waals surface area contributed by atoms with Gasteiger partial charge in [-0.05, 0) is 18.2 Å². The van der Waals surface area contributed by atoms with Crippen molar-refractivity contribution in [3.05, 3.63) is 29.6 Å². The van der Waals surface area contributed by atoms with Gasteiger partial charge in [0, 0.05) is 37.8 Å². The van der Waals surface area contributed by atoms with Crippen LogP contribution in [0.2, 0.25) is 0 Å². The zero-order valence-corrected chi connectivity index (χ0v) is 12.3. The van der Waals surface area contributed by atoms with Gasteiger partial charge in [-0.1, -0.05) is 13.8 Å². The molecular formula is C15H20FN3O2. The quantitative estimate of drug-likeness (QED) is 0.837. The Bertz CT molecular complexity index is 552. The van der Waals surface area contributed by atoms with Crippen LogP contribution in [0, 0.1) is 11.7 Å². The Morgan fingerprint density at radius 1 is 1.14 bits per heavy atom. The minimum Gasteiger partial charge on any atom is -0.398 e. The molecule has 2 N–H and O–H groups in total. The number of rotatable bonds is 2. The normalized spacial score (nSPS) is 15.4. The van der Waals surface area contributed by atoms with Gasteiger partial charge in [0.05, 0.1) is 5.56 Å². The number of amides is 2. The van der Waals surface area contributed by atoms with Crippen LogP contribution >= 0.6 is 0 Å². The summed E-state index contributed by atoms with van der Waals surface area (Å²) in [4.78, 5) is 27.7. The van der Waals surface area contributed by atoms with Crippen LogP contribution in [0.1, 0.15) is 24.2 Å². The third kappa shape index (κ3) is 3.32. The lowest BCUT2D eigenvalue weighted by molar-refractivity contribution is -0.135. The lowest BCUT2D eigenvalue weighted by Crippen LogP contribution is -2.51. The van der Waals surface area contributed by atoms with Crippen molar-refractivity contribution >= 4 is 17.5 Å². The van der Waals surface area contributed by atoms with Crippen molar-refractivity contribution < 1.29 is 14.0 Å². The van der Waals surface area contributed by atoms with Crippen molar-refractivity contribution in [1.29, 1.82) is 0 Å². The SMILES string of the molecule is CC(C)C(=O)N1CCN(C(=O)c2ccc(F)cc2N)CC1. The van der Waals surface area contributed by atoms with Crippen LogP contribution in [0.4, 0.5) is 10.1 Å². The van der Waals surface area contributed by atoms with E-state index < -0.39 is 5.82 Å². The second-order valence-electron chi connectivity index (χ2n) is 5.50. The largest absolute Gasteiger partial charge is 0.398 e. The van der Waals surface area contributed by atoms with Crippen molar-refractivity contribution in [2.75, 3.05) is 31.9 Å². The van der Waals surface area contributed by atoms with E-state index in [1.807, 2.05) is 13.8 Å². The Hall–Kier alpha value is -2.11. The molecule has 114 valence electrons. The highest BCUT2D eigenvalue weighted by Gasteiger charge is 2.26. The van der Waals surface area contributed by atoms with Crippen LogP contribution in [0.25, 0.3) is 0 Å². The fourth-order valence-corrected chi connectivity index (χ4v) is 2.39. The van der Waals surface area contributed by atoms with Gasteiger partial charge in [0.15, 0.2) is 0 Å². The van der Waals surface area contributed by atoms with E-state index in [0.29, 0.717) is 31.7 Å². The van der Waals surface area contributed by atoms with Crippen molar-refractivity contribution in [3.63, 3.8) is 0 Å². The van der Waals surface area contributed by atoms with Gasteiger partial charge in [-0.25, -0.2) is 4.39 Å². The summed E-state index contributed by atoms with van der Waals surface area (Å²) in [5.41, 5.74) is 6.14. The lowest BCUT2D eigenvalue weighted by atomic mass is 10.1. The molecule has 0 radical (unpaired) electrons. The molecule has 1 aromatic carbocycles. The Balaban J connectivity index is 2.02. The predicted octanol–water partition coefficient (Wildman–Crippen LogP) is 1.35. The summed E-state index contributed by atoms with van der Waals surface area (Å²) in [6, 6.07) is 3.77. The molecule has 1 heterocycles. The summed E-state index contributed by atoms with van der Waals surface area (Å²) in [5, 5.41) is 0. The number of nitrogens with zero attached hydrogens (tertiary/aromatic N) is 2. The Kier molecular flexibility index (Phi) is 4.45. The number of anilines is 1. The van der Waals surface area contributed by atoms with Crippen LogP contribution in [0.15, 0.2) is 18.2 Å². The summed E-state index contributed by atoms with van der Waals surface area (Å²) in [5.74, 6) is -0.621. The van der Waals surface area contributed by atoms with Crippen molar-refractivity contribution in [2.24, 2.45) is 5.92 Å². The third-order valence-corrected chi connectivity index (χ3v) is 3.62. The molecule has 1 fully saturated rings. The first-order chi connectivity index (χ1) is 9.90. The van der Waals surface area contributed by atoms with E-state index in [-0.39, 0.29) is 23.4 Å². The monoisotopic (exact) mass is 293 g/mol. The van der Waals surface area contributed by atoms with Crippen LogP contribution in [-0.4, -0.2) is 47.8 Å². The van der Waals surface area contributed by atoms with Crippen LogP contribution < -0.4 is 5.73 Å². The number of carbonyl (C=O) groups is 2. The summed E-state index contributed by atoms with van der Waals surface area (Å²) < 4.78 is 13.0. The average molecular weight is 293 g/mol. The minimum atomic E-state index is -0.462. The summed E-state index contributed by atoms with van der Waals surface area (Å²) in [7, 11) is 0. The zero-order chi connectivity index (χ0) is 15.6. The summed E-state index contributed by atoms with van der Waals surface area (Å²) in [6.45, 7) is 5.69. The summed E-state index contributed by atoms with van der Waals surface area (Å²) >= 11 is 0. The fourth-order valence-electron chi connectivity index (χ4n) is 2.39. The topological polar surface area (TPSA) is 66.6 Å². The zero-order valence-electron chi connectivity index (χ0n) is 12.3. The number of hydrogen-bond acceptors (Lipinski definition) is 3. The molecule has 0 bridgehead atoms. The van der Waals surface area contributed by atoms with Gasteiger partial charge < -0.3 is 15.5 Å². The number of carbonyl (C=O) groups excluding carboxylic acids is 2. The van der Waals surface area contributed by atoms with E-state index in [9.17, 15) is 14.0 Å². The molecule has 0 unspecified atom stereocenters. The molecule has 0 aliphatic carbocycles. The maximum Gasteiger partial charge on any atom is 0.256 e. The molecule has 0 aromatic heterocycles. The third-order valence-electron chi connectivity index (χ3n) is 3.62. The van der Waals surface area contributed by atoms with Gasteiger partial charge in [0.2, 0.25) is 5.91 Å². The second-order valence-corrected chi connectivity index (χ2v) is 5.50. The highest BCUT2D eigenvalue weighted by atomic mass is 19.1. The number of halogens is 1. The predicted molar refractivity (Wildman–Crippen MR) is 78.1 cm³/mol. The number of nitrogen functional groups attached to an aromatic ring is 1. The van der Waals surface area contributed by atoms with Crippen molar-refractivity contribution in [2.45, 2.75) is 13.8 Å². The first-order valence-electron chi connectivity index (χ1n) is 7.03. The number of piperazine rings is 1. The average Bonchev–Trinajstić information content (AvgIpc) is 2.46. The first-order valence-corrected chi connectivity index (χ1v) is 7.03. The van der Waals surface area contributed by atoms with E-state index >= 15 is 0 Å². The molecule has 2 amide bonds. The van der Waals surface area contributed by atoms with E-state index in [1.165, 1.54) is 12.1 Å². The van der Waals surface area contributed by atoms with Gasteiger partial charge >= 0.3 is 0 Å². The standard InChI is InChI=1S/C15H20FN3O2/c1-10(2)14(20)18-5-7-19(8-6-18)15(21)12-4-3-11(16)9-13(12)17/h3-4,9-10H,5-8,17H2,1-2H3. The maximum atomic E-state index is 13.0. The van der Waals surface area contributed by atoms with Gasteiger partial charge in [0.1, 0.15) is 5.82 Å². The van der Waals surface area contributed by atoms with Crippen molar-refractivity contribution in [3.8, 4) is 0 Å². The molecule has 6 heteroatoms. The fraction of sp³-hybridized carbons (Fsp3) is 0.467. The Labute approximate surface area is 123 Å². The number of hydrogen-bond donors (Lipinski definition) is 1. The smallest absolute Gasteiger partial charge is 0.256 e. The Morgan fingerprint density at radius 3 is 2.24 bits per heavy atom. The van der Waals surface area contributed by atoms with E-state index in [4.69, 9.17) is 5.73 Å². The molecule has 5 nitrogen and oxygen atoms in total. The highest BCUT2D eigenvalue weighted by Crippen LogP contribution is 2.17. The van der Waals surface area contributed by atoms with Crippen LogP contribution in [-0.2, 0) is 4.79 Å². The molecule has 2 rings (SSSR count). The molecule has 0 spiro atoms. The highest BCUT2D eigenvalue weighted by molar-refractivity contribution is 5.99. The van der Waals surface area contributed by atoms with Crippen LogP contribution in [0.5, 0.6) is 0 Å². The van der Waals surface area contributed by atoms with E-state index in [2.05, 4.69) is 0 Å². The maximum absolute atomic E-state index is 13.0. The molecule has 1 aromatic rings. The van der Waals surface area contributed by atoms with Crippen LogP contribution in [0.3, 0.4) is 0 Å². The van der Waals surface area contributed by atoms with Gasteiger partial charge in [0.25, 0.3) is 5.91 Å². The van der Waals surface area contributed by atoms with Gasteiger partial charge in [-0.15, -0.1) is 0 Å². The lowest BCUT2D eigenvalue weighted by Gasteiger charge is -2.35. The number of benzene rings is 1. The Morgan fingerprint density at radius 2 is 1.71 bits per heavy atom. The molecule has 1 saturated heterocycles. The molecule has 1 aliphatic rings. The summed E-state index contributed by atoms with van der Waals surface area (Å²) in [6.07, 6.45) is 0. The number of nitrogens with two attached hydrogens (primary N) is 1.